The van der Waals surface area contributed by atoms with Gasteiger partial charge >= 0.3 is 0 Å². The van der Waals surface area contributed by atoms with Crippen LogP contribution in [0.2, 0.25) is 0 Å². The second-order valence-corrected chi connectivity index (χ2v) is 1.31. The van der Waals surface area contributed by atoms with E-state index < -0.39 is 0 Å². The Bertz CT molecular complexity index is 64.6. The molecule has 0 aliphatic heterocycles. The van der Waals surface area contributed by atoms with Crippen LogP contribution in [0.25, 0.3) is 0 Å². The maximum atomic E-state index is 9.65. The molecule has 0 heterocycles. The highest BCUT2D eigenvalue weighted by molar-refractivity contribution is 5.49. The van der Waals surface area contributed by atoms with E-state index in [-0.39, 0.29) is 0 Å². The molecule has 1 heteroatoms. The number of unbranched alkanes of at least 4 members (excludes halogenated alkanes) is 1. The van der Waals surface area contributed by atoms with Gasteiger partial charge in [-0.25, -0.2) is 0 Å². The largest absolute Gasteiger partial charge is 0.303 e. The number of carbonyl (C=O) groups excluding carboxylic acids is 1. The van der Waals surface area contributed by atoms with Crippen molar-refractivity contribution in [2.24, 2.45) is 0 Å². The fourth-order valence-corrected chi connectivity index (χ4v) is 0.331. The average molecular weight is 98.1 g/mol. The molecule has 0 aliphatic carbocycles. The summed E-state index contributed by atoms with van der Waals surface area (Å²) in [6, 6.07) is 0. The van der Waals surface area contributed by atoms with Gasteiger partial charge in [0.2, 0.25) is 0 Å². The smallest absolute Gasteiger partial charge is 0.120 e. The Hall–Kier alpha value is -0.590. The van der Waals surface area contributed by atoms with Crippen molar-refractivity contribution < 1.29 is 4.79 Å². The highest BCUT2D eigenvalue weighted by Crippen LogP contribution is 1.84. The molecule has 0 aromatic heterocycles. The topological polar surface area (TPSA) is 17.1 Å². The second-order valence-electron chi connectivity index (χ2n) is 1.31. The lowest BCUT2D eigenvalue weighted by atomic mass is 10.3. The van der Waals surface area contributed by atoms with E-state index >= 15 is 0 Å². The molecule has 0 atom stereocenters. The number of rotatable bonds is 3. The summed E-state index contributed by atoms with van der Waals surface area (Å²) in [6.07, 6.45) is 6.40. The van der Waals surface area contributed by atoms with E-state index in [1.807, 2.05) is 19.1 Å². The van der Waals surface area contributed by atoms with E-state index in [9.17, 15) is 4.79 Å². The van der Waals surface area contributed by atoms with Crippen LogP contribution in [0.1, 0.15) is 19.8 Å². The van der Waals surface area contributed by atoms with Gasteiger partial charge in [0.1, 0.15) is 6.29 Å². The number of allylic oxidation sites excluding steroid dienone is 2. The van der Waals surface area contributed by atoms with Crippen molar-refractivity contribution in [3.63, 3.8) is 0 Å². The third-order valence-electron chi connectivity index (χ3n) is 0.687. The van der Waals surface area contributed by atoms with E-state index in [1.54, 1.807) is 0 Å². The molecule has 0 amide bonds. The first-order chi connectivity index (χ1) is 3.41. The monoisotopic (exact) mass is 98.1 g/mol. The van der Waals surface area contributed by atoms with Crippen molar-refractivity contribution in [2.75, 3.05) is 0 Å². The molecular formula is C6H10O. The van der Waals surface area contributed by atoms with Crippen LogP contribution < -0.4 is 0 Å². The van der Waals surface area contributed by atoms with Crippen molar-refractivity contribution in [3.8, 4) is 0 Å². The minimum Gasteiger partial charge on any atom is -0.303 e. The summed E-state index contributed by atoms with van der Waals surface area (Å²) in [4.78, 5) is 9.65. The first kappa shape index (κ1) is 6.41. The predicted octanol–water partition coefficient (Wildman–Crippen LogP) is 1.54. The third kappa shape index (κ3) is 5.41. The van der Waals surface area contributed by atoms with Crippen molar-refractivity contribution >= 4 is 6.29 Å². The molecule has 0 aromatic rings. The number of carbonyl (C=O) groups is 1. The van der Waals surface area contributed by atoms with Gasteiger partial charge in [0.05, 0.1) is 0 Å². The fraction of sp³-hybridized carbons (Fsp3) is 0.500. The lowest BCUT2D eigenvalue weighted by molar-refractivity contribution is -0.107. The molecule has 7 heavy (non-hydrogen) atoms. The molecule has 0 radical (unpaired) electrons. The number of aldehydes is 1. The quantitative estimate of drug-likeness (QED) is 0.297. The SMILES string of the molecule is C/C=C\CCC=O. The van der Waals surface area contributed by atoms with Crippen LogP contribution in [-0.4, -0.2) is 6.29 Å². The average Bonchev–Trinajstić information content (AvgIpc) is 1.69. The fourth-order valence-electron chi connectivity index (χ4n) is 0.331. The van der Waals surface area contributed by atoms with Crippen molar-refractivity contribution in [1.82, 2.24) is 0 Å². The summed E-state index contributed by atoms with van der Waals surface area (Å²) in [5.41, 5.74) is 0. The van der Waals surface area contributed by atoms with Crippen molar-refractivity contribution in [3.05, 3.63) is 12.2 Å². The van der Waals surface area contributed by atoms with Crippen LogP contribution in [0.4, 0.5) is 0 Å². The molecule has 0 spiro atoms. The Morgan fingerprint density at radius 3 is 2.57 bits per heavy atom. The van der Waals surface area contributed by atoms with Gasteiger partial charge in [-0.1, -0.05) is 12.2 Å². The van der Waals surface area contributed by atoms with Gasteiger partial charge in [0, 0.05) is 6.42 Å². The highest BCUT2D eigenvalue weighted by Gasteiger charge is 1.72. The van der Waals surface area contributed by atoms with Crippen molar-refractivity contribution in [2.45, 2.75) is 19.8 Å². The molecule has 40 valence electrons. The summed E-state index contributed by atoms with van der Waals surface area (Å²) in [5.74, 6) is 0. The Morgan fingerprint density at radius 1 is 1.43 bits per heavy atom. The zero-order valence-electron chi connectivity index (χ0n) is 4.55. The Morgan fingerprint density at radius 2 is 2.14 bits per heavy atom. The van der Waals surface area contributed by atoms with Gasteiger partial charge in [0.25, 0.3) is 0 Å². The normalized spacial score (nSPS) is 9.86. The van der Waals surface area contributed by atoms with Gasteiger partial charge < -0.3 is 4.79 Å². The molecule has 0 aliphatic rings. The molecule has 0 bridgehead atoms. The molecule has 0 aromatic carbocycles. The Balaban J connectivity index is 2.82. The molecule has 0 N–H and O–H groups in total. The van der Waals surface area contributed by atoms with Crippen LogP contribution in [0.5, 0.6) is 0 Å². The number of hydrogen-bond acceptors (Lipinski definition) is 1. The molecule has 0 rings (SSSR count). The maximum absolute atomic E-state index is 9.65. The highest BCUT2D eigenvalue weighted by atomic mass is 16.1. The van der Waals surface area contributed by atoms with E-state index in [2.05, 4.69) is 0 Å². The third-order valence-corrected chi connectivity index (χ3v) is 0.687. The van der Waals surface area contributed by atoms with E-state index in [4.69, 9.17) is 0 Å². The van der Waals surface area contributed by atoms with Crippen LogP contribution in [0.15, 0.2) is 12.2 Å². The zero-order chi connectivity index (χ0) is 5.54. The van der Waals surface area contributed by atoms with E-state index in [1.165, 1.54) is 0 Å². The summed E-state index contributed by atoms with van der Waals surface area (Å²) in [6.45, 7) is 1.95. The first-order valence-electron chi connectivity index (χ1n) is 2.46. The molecule has 0 fully saturated rings. The molecule has 0 saturated heterocycles. The Kier molecular flexibility index (Phi) is 4.95. The Labute approximate surface area is 44.0 Å². The summed E-state index contributed by atoms with van der Waals surface area (Å²) in [5, 5.41) is 0. The molecule has 0 saturated carbocycles. The zero-order valence-corrected chi connectivity index (χ0v) is 4.55. The minimum atomic E-state index is 0.657. The lowest BCUT2D eigenvalue weighted by Gasteiger charge is -1.76. The van der Waals surface area contributed by atoms with Gasteiger partial charge in [-0.2, -0.15) is 0 Å². The van der Waals surface area contributed by atoms with Gasteiger partial charge in [-0.3, -0.25) is 0 Å². The van der Waals surface area contributed by atoms with Gasteiger partial charge in [-0.05, 0) is 13.3 Å². The predicted molar refractivity (Wildman–Crippen MR) is 30.1 cm³/mol. The maximum Gasteiger partial charge on any atom is 0.120 e. The summed E-state index contributed by atoms with van der Waals surface area (Å²) >= 11 is 0. The molecule has 1 nitrogen and oxygen atoms in total. The van der Waals surface area contributed by atoms with Crippen LogP contribution in [0.3, 0.4) is 0 Å². The standard InChI is InChI=1S/C6H10O/c1-2-3-4-5-6-7/h2-3,6H,4-5H2,1H3/b3-2-. The van der Waals surface area contributed by atoms with Crippen LogP contribution in [0, 0.1) is 0 Å². The van der Waals surface area contributed by atoms with Gasteiger partial charge in [-0.15, -0.1) is 0 Å². The van der Waals surface area contributed by atoms with Crippen molar-refractivity contribution in [1.29, 1.82) is 0 Å². The van der Waals surface area contributed by atoms with E-state index in [0.717, 1.165) is 12.7 Å². The number of hydrogen-bond donors (Lipinski definition) is 0. The minimum absolute atomic E-state index is 0.657. The van der Waals surface area contributed by atoms with E-state index in [0.29, 0.717) is 6.42 Å². The van der Waals surface area contributed by atoms with Crippen LogP contribution in [-0.2, 0) is 4.79 Å². The summed E-state index contributed by atoms with van der Waals surface area (Å²) in [7, 11) is 0. The van der Waals surface area contributed by atoms with Gasteiger partial charge in [0.15, 0.2) is 0 Å². The molecule has 0 unspecified atom stereocenters. The van der Waals surface area contributed by atoms with Crippen LogP contribution >= 0.6 is 0 Å². The molecular weight excluding hydrogens is 88.1 g/mol. The second kappa shape index (κ2) is 5.41. The lowest BCUT2D eigenvalue weighted by Crippen LogP contribution is -1.68. The summed E-state index contributed by atoms with van der Waals surface area (Å²) < 4.78 is 0. The first-order valence-corrected chi connectivity index (χ1v) is 2.46.